The molecular formula is C22H18N2. The van der Waals surface area contributed by atoms with Crippen LogP contribution in [0.3, 0.4) is 0 Å². The molecule has 0 unspecified atom stereocenters. The van der Waals surface area contributed by atoms with Gasteiger partial charge in [-0.25, -0.2) is 4.99 Å². The Balaban J connectivity index is 2.21. The molecule has 3 aromatic carbocycles. The van der Waals surface area contributed by atoms with E-state index >= 15 is 0 Å². The number of rotatable bonds is 3. The van der Waals surface area contributed by atoms with Crippen molar-refractivity contribution in [3.63, 3.8) is 0 Å². The van der Waals surface area contributed by atoms with Crippen molar-refractivity contribution < 1.29 is 0 Å². The normalized spacial score (nSPS) is 10.8. The highest BCUT2D eigenvalue weighted by Gasteiger charge is 2.08. The van der Waals surface area contributed by atoms with Crippen LogP contribution in [0.5, 0.6) is 0 Å². The molecule has 4 rings (SSSR count). The summed E-state index contributed by atoms with van der Waals surface area (Å²) < 4.78 is 2.29. The average Bonchev–Trinajstić information content (AvgIpc) is 2.65. The van der Waals surface area contributed by atoms with E-state index < -0.39 is 0 Å². The number of benzene rings is 3. The summed E-state index contributed by atoms with van der Waals surface area (Å²) in [7, 11) is 0. The third-order valence-electron chi connectivity index (χ3n) is 4.21. The lowest BCUT2D eigenvalue weighted by atomic mass is 10.1. The second kappa shape index (κ2) is 6.17. The van der Waals surface area contributed by atoms with E-state index in [1.807, 2.05) is 36.4 Å². The Bertz CT molecular complexity index is 1030. The second-order valence-corrected chi connectivity index (χ2v) is 5.73. The van der Waals surface area contributed by atoms with Crippen LogP contribution in [0.1, 0.15) is 0 Å². The van der Waals surface area contributed by atoms with Gasteiger partial charge in [0, 0.05) is 17.3 Å². The molecule has 0 aliphatic carbocycles. The van der Waals surface area contributed by atoms with Crippen LogP contribution in [-0.2, 0) is 6.54 Å². The molecule has 2 nitrogen and oxygen atoms in total. The Hall–Kier alpha value is -3.13. The van der Waals surface area contributed by atoms with Gasteiger partial charge in [-0.3, -0.25) is 0 Å². The molecule has 0 aliphatic rings. The summed E-state index contributed by atoms with van der Waals surface area (Å²) in [5.41, 5.74) is 3.31. The molecule has 4 aromatic rings. The van der Waals surface area contributed by atoms with E-state index in [-0.39, 0.29) is 0 Å². The summed E-state index contributed by atoms with van der Waals surface area (Å²) in [6.45, 7) is 4.69. The number of fused-ring (bicyclic) bond motifs is 2. The number of hydrogen-bond acceptors (Lipinski definition) is 1. The Morgan fingerprint density at radius 3 is 1.88 bits per heavy atom. The number of nitrogens with zero attached hydrogens (tertiary/aromatic N) is 2. The van der Waals surface area contributed by atoms with Gasteiger partial charge in [0.2, 0.25) is 0 Å². The van der Waals surface area contributed by atoms with Crippen molar-refractivity contribution in [2.45, 2.75) is 6.54 Å². The molecule has 0 spiro atoms. The average molecular weight is 310 g/mol. The topological polar surface area (TPSA) is 17.3 Å². The van der Waals surface area contributed by atoms with Crippen LogP contribution in [0.15, 0.2) is 96.5 Å². The van der Waals surface area contributed by atoms with Gasteiger partial charge in [0.25, 0.3) is 0 Å². The van der Waals surface area contributed by atoms with E-state index in [9.17, 15) is 0 Å². The molecule has 24 heavy (non-hydrogen) atoms. The first kappa shape index (κ1) is 14.5. The predicted octanol–water partition coefficient (Wildman–Crippen LogP) is 5.21. The molecule has 0 N–H and O–H groups in total. The number of allylic oxidation sites excluding steroid dienone is 1. The minimum Gasteiger partial charge on any atom is -0.337 e. The van der Waals surface area contributed by atoms with Crippen molar-refractivity contribution in [3.8, 4) is 0 Å². The lowest BCUT2D eigenvalue weighted by Gasteiger charge is -2.14. The van der Waals surface area contributed by atoms with Crippen molar-refractivity contribution in [2.75, 3.05) is 0 Å². The van der Waals surface area contributed by atoms with Crippen molar-refractivity contribution in [3.05, 3.63) is 96.9 Å². The molecule has 0 atom stereocenters. The van der Waals surface area contributed by atoms with E-state index in [0.29, 0.717) is 0 Å². The first-order valence-corrected chi connectivity index (χ1v) is 8.09. The standard InChI is InChI=1S/C22H18N2/c1-2-16-24-20-14-8-6-12-18(20)22(19-13-7-9-15-21(19)24)23-17-10-4-3-5-11-17/h2-15H,1,16H2. The summed E-state index contributed by atoms with van der Waals surface area (Å²) in [4.78, 5) is 4.96. The quantitative estimate of drug-likeness (QED) is 0.365. The lowest BCUT2D eigenvalue weighted by molar-refractivity contribution is 0.892. The van der Waals surface area contributed by atoms with Gasteiger partial charge in [0.05, 0.1) is 22.1 Å². The Morgan fingerprint density at radius 1 is 0.750 bits per heavy atom. The summed E-state index contributed by atoms with van der Waals surface area (Å²) in [5.74, 6) is 0. The highest BCUT2D eigenvalue weighted by atomic mass is 15.0. The molecule has 2 heteroatoms. The molecule has 0 saturated carbocycles. The summed E-state index contributed by atoms with van der Waals surface area (Å²) >= 11 is 0. The maximum Gasteiger partial charge on any atom is 0.0823 e. The smallest absolute Gasteiger partial charge is 0.0823 e. The molecule has 116 valence electrons. The molecule has 1 aromatic heterocycles. The van der Waals surface area contributed by atoms with Crippen molar-refractivity contribution in [1.82, 2.24) is 4.57 Å². The fraction of sp³-hybridized carbons (Fsp3) is 0.0455. The predicted molar refractivity (Wildman–Crippen MR) is 101 cm³/mol. The minimum atomic E-state index is 0.770. The van der Waals surface area contributed by atoms with Crippen LogP contribution in [0.25, 0.3) is 21.8 Å². The third kappa shape index (κ3) is 2.42. The fourth-order valence-electron chi connectivity index (χ4n) is 3.17. The maximum atomic E-state index is 4.96. The summed E-state index contributed by atoms with van der Waals surface area (Å²) in [6.07, 6.45) is 1.94. The van der Waals surface area contributed by atoms with Crippen LogP contribution < -0.4 is 5.36 Å². The van der Waals surface area contributed by atoms with Crippen LogP contribution in [-0.4, -0.2) is 4.57 Å². The van der Waals surface area contributed by atoms with Crippen LogP contribution in [0.2, 0.25) is 0 Å². The molecular weight excluding hydrogens is 292 g/mol. The van der Waals surface area contributed by atoms with Gasteiger partial charge in [0.15, 0.2) is 0 Å². The van der Waals surface area contributed by atoms with E-state index in [1.54, 1.807) is 0 Å². The lowest BCUT2D eigenvalue weighted by Crippen LogP contribution is -2.12. The van der Waals surface area contributed by atoms with Crippen molar-refractivity contribution >= 4 is 27.5 Å². The highest BCUT2D eigenvalue weighted by molar-refractivity contribution is 5.93. The van der Waals surface area contributed by atoms with Gasteiger partial charge in [-0.05, 0) is 24.3 Å². The van der Waals surface area contributed by atoms with E-state index in [2.05, 4.69) is 59.7 Å². The zero-order valence-electron chi connectivity index (χ0n) is 13.4. The molecule has 1 heterocycles. The van der Waals surface area contributed by atoms with Crippen LogP contribution >= 0.6 is 0 Å². The van der Waals surface area contributed by atoms with Gasteiger partial charge >= 0.3 is 0 Å². The first-order valence-electron chi connectivity index (χ1n) is 8.09. The molecule has 0 saturated heterocycles. The zero-order chi connectivity index (χ0) is 16.4. The van der Waals surface area contributed by atoms with E-state index in [1.165, 1.54) is 11.0 Å². The van der Waals surface area contributed by atoms with Crippen LogP contribution in [0, 0.1) is 0 Å². The molecule has 0 radical (unpaired) electrons. The van der Waals surface area contributed by atoms with E-state index in [0.717, 1.165) is 28.4 Å². The molecule has 0 amide bonds. The number of para-hydroxylation sites is 3. The number of pyridine rings is 1. The molecule has 0 aliphatic heterocycles. The second-order valence-electron chi connectivity index (χ2n) is 5.73. The van der Waals surface area contributed by atoms with Gasteiger partial charge < -0.3 is 4.57 Å². The Labute approximate surface area is 141 Å². The van der Waals surface area contributed by atoms with Gasteiger partial charge in [-0.1, -0.05) is 60.7 Å². The molecule has 0 fully saturated rings. The monoisotopic (exact) mass is 310 g/mol. The zero-order valence-corrected chi connectivity index (χ0v) is 13.4. The van der Waals surface area contributed by atoms with Crippen molar-refractivity contribution in [2.24, 2.45) is 4.99 Å². The van der Waals surface area contributed by atoms with Crippen molar-refractivity contribution in [1.29, 1.82) is 0 Å². The third-order valence-corrected chi connectivity index (χ3v) is 4.21. The van der Waals surface area contributed by atoms with Crippen LogP contribution in [0.4, 0.5) is 5.69 Å². The minimum absolute atomic E-state index is 0.770. The molecule has 0 bridgehead atoms. The highest BCUT2D eigenvalue weighted by Crippen LogP contribution is 2.20. The van der Waals surface area contributed by atoms with Gasteiger partial charge in [-0.2, -0.15) is 0 Å². The fourth-order valence-corrected chi connectivity index (χ4v) is 3.17. The summed E-state index contributed by atoms with van der Waals surface area (Å²) in [6, 6.07) is 27.0. The Kier molecular flexibility index (Phi) is 3.72. The van der Waals surface area contributed by atoms with Gasteiger partial charge in [-0.15, -0.1) is 6.58 Å². The Morgan fingerprint density at radius 2 is 1.29 bits per heavy atom. The maximum absolute atomic E-state index is 4.96. The first-order chi connectivity index (χ1) is 11.9. The summed E-state index contributed by atoms with van der Waals surface area (Å²) in [5, 5.41) is 3.33. The SMILES string of the molecule is C=CCn1c2ccccc2c(=Nc2ccccc2)c2ccccc21. The van der Waals surface area contributed by atoms with Gasteiger partial charge in [0.1, 0.15) is 0 Å². The largest absolute Gasteiger partial charge is 0.337 e. The number of hydrogen-bond donors (Lipinski definition) is 0. The number of aromatic nitrogens is 1. The van der Waals surface area contributed by atoms with E-state index in [4.69, 9.17) is 4.99 Å².